The van der Waals surface area contributed by atoms with Crippen LogP contribution < -0.4 is 5.32 Å². The molecule has 166 valence electrons. The molecule has 31 heavy (non-hydrogen) atoms. The second-order valence-corrected chi connectivity index (χ2v) is 9.96. The molecule has 0 spiro atoms. The number of halogens is 5. The minimum atomic E-state index is -1.29. The Kier molecular flexibility index (Phi) is 8.17. The maximum absolute atomic E-state index is 12.9. The number of benzene rings is 2. The number of carbonyl (C=O) groups is 2. The number of carbonyl (C=O) groups excluding carboxylic acids is 2. The molecule has 1 fully saturated rings. The number of hydrogen-bond donors (Lipinski definition) is 1. The third kappa shape index (κ3) is 5.87. The van der Waals surface area contributed by atoms with Crippen LogP contribution in [0.1, 0.15) is 41.6 Å². The van der Waals surface area contributed by atoms with Crippen LogP contribution in [0.2, 0.25) is 15.1 Å². The molecule has 2 unspecified atom stereocenters. The molecule has 0 saturated heterocycles. The Morgan fingerprint density at radius 1 is 1.06 bits per heavy atom. The van der Waals surface area contributed by atoms with Crippen LogP contribution in [0, 0.1) is 5.92 Å². The van der Waals surface area contributed by atoms with Gasteiger partial charge in [0.15, 0.2) is 5.78 Å². The standard InChI is InChI=1S/C22H20Cl5NO3/c1-2-31-7-3-4-18(29)16-11-15(5-6-17(16)25)28-21(30)20-19(22(20,26)27)12-8-13(23)10-14(24)9-12/h5-6,8-11,19-20H,2-4,7H2,1H3,(H,28,30). The van der Waals surface area contributed by atoms with Gasteiger partial charge in [-0.3, -0.25) is 9.59 Å². The zero-order valence-electron chi connectivity index (χ0n) is 16.6. The van der Waals surface area contributed by atoms with Crippen LogP contribution in [-0.2, 0) is 9.53 Å². The van der Waals surface area contributed by atoms with Crippen molar-refractivity contribution in [1.82, 2.24) is 0 Å². The van der Waals surface area contributed by atoms with Gasteiger partial charge in [0.05, 0.1) is 10.9 Å². The summed E-state index contributed by atoms with van der Waals surface area (Å²) < 4.78 is 3.97. The number of alkyl halides is 2. The summed E-state index contributed by atoms with van der Waals surface area (Å²) in [5, 5.41) is 3.97. The first-order valence-electron chi connectivity index (χ1n) is 9.70. The van der Waals surface area contributed by atoms with Crippen molar-refractivity contribution in [2.24, 2.45) is 5.92 Å². The van der Waals surface area contributed by atoms with Crippen LogP contribution in [0.15, 0.2) is 36.4 Å². The van der Waals surface area contributed by atoms with E-state index in [-0.39, 0.29) is 11.7 Å². The second-order valence-electron chi connectivity index (χ2n) is 7.24. The van der Waals surface area contributed by atoms with Crippen LogP contribution in [0.25, 0.3) is 0 Å². The number of rotatable bonds is 9. The smallest absolute Gasteiger partial charge is 0.231 e. The highest BCUT2D eigenvalue weighted by Crippen LogP contribution is 2.65. The molecule has 9 heteroatoms. The third-order valence-electron chi connectivity index (χ3n) is 5.01. The second kappa shape index (κ2) is 10.3. The molecule has 1 aliphatic rings. The molecular formula is C22H20Cl5NO3. The topological polar surface area (TPSA) is 55.4 Å². The molecule has 0 heterocycles. The van der Waals surface area contributed by atoms with E-state index < -0.39 is 16.2 Å². The third-order valence-corrected chi connectivity index (χ3v) is 6.72. The summed E-state index contributed by atoms with van der Waals surface area (Å²) in [4.78, 5) is 25.4. The molecule has 1 amide bonds. The van der Waals surface area contributed by atoms with Crippen LogP contribution in [0.3, 0.4) is 0 Å². The molecule has 2 aromatic rings. The average molecular weight is 524 g/mol. The van der Waals surface area contributed by atoms with Gasteiger partial charge in [-0.2, -0.15) is 0 Å². The summed E-state index contributed by atoms with van der Waals surface area (Å²) in [6, 6.07) is 9.71. The summed E-state index contributed by atoms with van der Waals surface area (Å²) in [6.45, 7) is 3.00. The predicted octanol–water partition coefficient (Wildman–Crippen LogP) is 7.17. The van der Waals surface area contributed by atoms with E-state index in [0.29, 0.717) is 57.9 Å². The fourth-order valence-electron chi connectivity index (χ4n) is 3.47. The van der Waals surface area contributed by atoms with Gasteiger partial charge in [0.25, 0.3) is 0 Å². The van der Waals surface area contributed by atoms with Crippen molar-refractivity contribution in [2.45, 2.75) is 30.0 Å². The van der Waals surface area contributed by atoms with E-state index in [0.717, 1.165) is 0 Å². The summed E-state index contributed by atoms with van der Waals surface area (Å²) in [7, 11) is 0. The molecule has 2 atom stereocenters. The maximum Gasteiger partial charge on any atom is 0.231 e. The zero-order valence-corrected chi connectivity index (χ0v) is 20.3. The normalized spacial score (nSPS) is 19.2. The number of amides is 1. The predicted molar refractivity (Wildman–Crippen MR) is 127 cm³/mol. The van der Waals surface area contributed by atoms with E-state index in [9.17, 15) is 9.59 Å². The van der Waals surface area contributed by atoms with Crippen LogP contribution in [-0.4, -0.2) is 29.2 Å². The lowest BCUT2D eigenvalue weighted by atomic mass is 10.1. The Bertz CT molecular complexity index is 975. The number of hydrogen-bond acceptors (Lipinski definition) is 3. The van der Waals surface area contributed by atoms with Crippen molar-refractivity contribution in [3.05, 3.63) is 62.6 Å². The van der Waals surface area contributed by atoms with E-state index in [1.54, 1.807) is 36.4 Å². The van der Waals surface area contributed by atoms with Crippen molar-refractivity contribution >= 4 is 75.4 Å². The fourth-order valence-corrected chi connectivity index (χ4v) is 5.07. The monoisotopic (exact) mass is 521 g/mol. The first kappa shape index (κ1) is 24.6. The number of anilines is 1. The Balaban J connectivity index is 1.71. The van der Waals surface area contributed by atoms with Crippen molar-refractivity contribution < 1.29 is 14.3 Å². The van der Waals surface area contributed by atoms with E-state index >= 15 is 0 Å². The minimum Gasteiger partial charge on any atom is -0.382 e. The molecule has 3 rings (SSSR count). The van der Waals surface area contributed by atoms with Crippen molar-refractivity contribution in [2.75, 3.05) is 18.5 Å². The lowest BCUT2D eigenvalue weighted by Crippen LogP contribution is -2.17. The van der Waals surface area contributed by atoms with E-state index in [2.05, 4.69) is 5.32 Å². The average Bonchev–Trinajstić information content (AvgIpc) is 3.28. The van der Waals surface area contributed by atoms with Crippen molar-refractivity contribution in [1.29, 1.82) is 0 Å². The minimum absolute atomic E-state index is 0.122. The van der Waals surface area contributed by atoms with Gasteiger partial charge in [0.1, 0.15) is 4.33 Å². The highest BCUT2D eigenvalue weighted by molar-refractivity contribution is 6.53. The van der Waals surface area contributed by atoms with Crippen LogP contribution >= 0.6 is 58.0 Å². The Morgan fingerprint density at radius 2 is 1.74 bits per heavy atom. The molecule has 1 aliphatic carbocycles. The highest BCUT2D eigenvalue weighted by atomic mass is 35.5. The van der Waals surface area contributed by atoms with Gasteiger partial charge in [-0.15, -0.1) is 23.2 Å². The maximum atomic E-state index is 12.9. The molecule has 2 aromatic carbocycles. The van der Waals surface area contributed by atoms with Gasteiger partial charge in [-0.05, 0) is 55.3 Å². The molecule has 0 aromatic heterocycles. The molecule has 0 bridgehead atoms. The molecule has 1 N–H and O–H groups in total. The largest absolute Gasteiger partial charge is 0.382 e. The van der Waals surface area contributed by atoms with Gasteiger partial charge in [0.2, 0.25) is 5.91 Å². The molecule has 1 saturated carbocycles. The highest BCUT2D eigenvalue weighted by Gasteiger charge is 2.67. The number of nitrogens with one attached hydrogen (secondary N) is 1. The quantitative estimate of drug-likeness (QED) is 0.215. The number of ether oxygens (including phenoxy) is 1. The van der Waals surface area contributed by atoms with Gasteiger partial charge in [-0.25, -0.2) is 0 Å². The van der Waals surface area contributed by atoms with E-state index in [4.69, 9.17) is 62.7 Å². The number of Topliss-reactive ketones (excluding diaryl/α,β-unsaturated/α-hetero) is 1. The zero-order chi connectivity index (χ0) is 22.8. The summed E-state index contributed by atoms with van der Waals surface area (Å²) in [5.74, 6) is -1.66. The summed E-state index contributed by atoms with van der Waals surface area (Å²) in [5.41, 5.74) is 1.46. The van der Waals surface area contributed by atoms with Crippen LogP contribution in [0.5, 0.6) is 0 Å². The first-order chi connectivity index (χ1) is 14.6. The van der Waals surface area contributed by atoms with Crippen molar-refractivity contribution in [3.63, 3.8) is 0 Å². The molecule has 0 radical (unpaired) electrons. The van der Waals surface area contributed by atoms with Gasteiger partial charge in [0, 0.05) is 46.8 Å². The summed E-state index contributed by atoms with van der Waals surface area (Å²) >= 11 is 31.1. The fraction of sp³-hybridized carbons (Fsp3) is 0.364. The van der Waals surface area contributed by atoms with E-state index in [1.807, 2.05) is 6.92 Å². The Labute approximate surface area is 206 Å². The molecular weight excluding hydrogens is 504 g/mol. The first-order valence-corrected chi connectivity index (χ1v) is 11.6. The Hall–Kier alpha value is -1.01. The molecule has 0 aliphatic heterocycles. The lowest BCUT2D eigenvalue weighted by molar-refractivity contribution is -0.117. The van der Waals surface area contributed by atoms with Gasteiger partial charge >= 0.3 is 0 Å². The lowest BCUT2D eigenvalue weighted by Gasteiger charge is -2.09. The van der Waals surface area contributed by atoms with Crippen LogP contribution in [0.4, 0.5) is 5.69 Å². The van der Waals surface area contributed by atoms with Crippen molar-refractivity contribution in [3.8, 4) is 0 Å². The van der Waals surface area contributed by atoms with Gasteiger partial charge in [-0.1, -0.05) is 34.8 Å². The van der Waals surface area contributed by atoms with E-state index in [1.165, 1.54) is 0 Å². The summed E-state index contributed by atoms with van der Waals surface area (Å²) in [6.07, 6.45) is 0.885. The van der Waals surface area contributed by atoms with Gasteiger partial charge < -0.3 is 10.1 Å². The molecule has 4 nitrogen and oxygen atoms in total. The number of ketones is 1. The Morgan fingerprint density at radius 3 is 2.39 bits per heavy atom. The SMILES string of the molecule is CCOCCCC(=O)c1cc(NC(=O)C2C(c3cc(Cl)cc(Cl)c3)C2(Cl)Cl)ccc1Cl.